The van der Waals surface area contributed by atoms with E-state index in [2.05, 4.69) is 94.7 Å². The van der Waals surface area contributed by atoms with E-state index in [1.807, 2.05) is 18.2 Å². The van der Waals surface area contributed by atoms with E-state index in [0.29, 0.717) is 11.5 Å². The number of rotatable bonds is 9. The summed E-state index contributed by atoms with van der Waals surface area (Å²) in [7, 11) is 3.34. The molecule has 0 N–H and O–H groups in total. The van der Waals surface area contributed by atoms with E-state index in [-0.39, 0.29) is 6.04 Å². The van der Waals surface area contributed by atoms with Crippen molar-refractivity contribution in [3.8, 4) is 11.5 Å². The van der Waals surface area contributed by atoms with Gasteiger partial charge in [0.15, 0.2) is 11.5 Å². The fraction of sp³-hybridized carbons (Fsp3) is 0.257. The van der Waals surface area contributed by atoms with Crippen LogP contribution < -0.4 is 14.4 Å². The zero-order valence-electron chi connectivity index (χ0n) is 23.7. The first kappa shape index (κ1) is 26.8. The molecule has 1 aliphatic rings. The monoisotopic (exact) mass is 544 g/mol. The topological polar surface area (TPSA) is 50.7 Å². The number of ether oxygens (including phenoxy) is 2. The maximum absolute atomic E-state index is 5.66. The molecule has 1 aromatic heterocycles. The van der Waals surface area contributed by atoms with Crippen LogP contribution in [-0.4, -0.2) is 55.3 Å². The normalized spacial score (nSPS) is 14.0. The highest BCUT2D eigenvalue weighted by Gasteiger charge is 2.28. The minimum absolute atomic E-state index is 0.215. The second kappa shape index (κ2) is 12.4. The van der Waals surface area contributed by atoms with Crippen LogP contribution in [0.15, 0.2) is 103 Å². The molecule has 0 unspecified atom stereocenters. The third kappa shape index (κ3) is 5.88. The van der Waals surface area contributed by atoms with Crippen molar-refractivity contribution in [2.75, 3.05) is 45.3 Å². The number of piperazine rings is 1. The molecule has 0 amide bonds. The quantitative estimate of drug-likeness (QED) is 0.216. The Balaban J connectivity index is 1.31. The number of anilines is 1. The van der Waals surface area contributed by atoms with Crippen molar-refractivity contribution in [1.82, 2.24) is 14.9 Å². The van der Waals surface area contributed by atoms with Crippen LogP contribution in [0.4, 0.5) is 5.82 Å². The second-order valence-electron chi connectivity index (χ2n) is 10.4. The maximum Gasteiger partial charge on any atom is 0.162 e. The molecular weight excluding hydrogens is 508 g/mol. The lowest BCUT2D eigenvalue weighted by molar-refractivity contribution is 0.212. The minimum atomic E-state index is 0.215. The van der Waals surface area contributed by atoms with Crippen LogP contribution in [0.2, 0.25) is 0 Å². The summed E-state index contributed by atoms with van der Waals surface area (Å²) in [5.41, 5.74) is 4.80. The van der Waals surface area contributed by atoms with E-state index >= 15 is 0 Å². The average Bonchev–Trinajstić information content (AvgIpc) is 3.04. The van der Waals surface area contributed by atoms with E-state index in [9.17, 15) is 0 Å². The molecule has 0 saturated carbocycles. The van der Waals surface area contributed by atoms with Crippen molar-refractivity contribution in [2.24, 2.45) is 0 Å². The van der Waals surface area contributed by atoms with E-state index in [1.54, 1.807) is 14.2 Å². The summed E-state index contributed by atoms with van der Waals surface area (Å²) in [4.78, 5) is 15.1. The maximum atomic E-state index is 5.66. The minimum Gasteiger partial charge on any atom is -0.493 e. The summed E-state index contributed by atoms with van der Waals surface area (Å²) in [5, 5.41) is 0.988. The van der Waals surface area contributed by atoms with Gasteiger partial charge < -0.3 is 14.4 Å². The highest BCUT2D eigenvalue weighted by molar-refractivity contribution is 5.92. The summed E-state index contributed by atoms with van der Waals surface area (Å²) in [6, 6.07) is 36.4. The Morgan fingerprint density at radius 1 is 0.659 bits per heavy atom. The Morgan fingerprint density at radius 2 is 1.22 bits per heavy atom. The smallest absolute Gasteiger partial charge is 0.162 e. The number of aryl methyl sites for hydroxylation is 2. The van der Waals surface area contributed by atoms with Gasteiger partial charge in [0.25, 0.3) is 0 Å². The zero-order chi connectivity index (χ0) is 28.0. The van der Waals surface area contributed by atoms with E-state index in [4.69, 9.17) is 19.4 Å². The first-order valence-corrected chi connectivity index (χ1v) is 14.3. The number of hydrogen-bond donors (Lipinski definition) is 0. The number of methoxy groups -OCH3 is 2. The van der Waals surface area contributed by atoms with E-state index < -0.39 is 0 Å². The lowest BCUT2D eigenvalue weighted by Gasteiger charge is -2.40. The van der Waals surface area contributed by atoms with Gasteiger partial charge in [-0.2, -0.15) is 0 Å². The fourth-order valence-electron chi connectivity index (χ4n) is 5.82. The van der Waals surface area contributed by atoms with Crippen molar-refractivity contribution in [3.63, 3.8) is 0 Å². The van der Waals surface area contributed by atoms with Crippen LogP contribution >= 0.6 is 0 Å². The van der Waals surface area contributed by atoms with Gasteiger partial charge in [-0.15, -0.1) is 0 Å². The highest BCUT2D eigenvalue weighted by atomic mass is 16.5. The second-order valence-corrected chi connectivity index (χ2v) is 10.4. The zero-order valence-corrected chi connectivity index (χ0v) is 23.7. The summed E-state index contributed by atoms with van der Waals surface area (Å²) >= 11 is 0. The molecule has 6 nitrogen and oxygen atoms in total. The number of aromatic nitrogens is 2. The van der Waals surface area contributed by atoms with Crippen molar-refractivity contribution < 1.29 is 9.47 Å². The van der Waals surface area contributed by atoms with Crippen LogP contribution in [0.3, 0.4) is 0 Å². The van der Waals surface area contributed by atoms with Crippen molar-refractivity contribution >= 4 is 16.7 Å². The first-order valence-electron chi connectivity index (χ1n) is 14.3. The molecular formula is C35H36N4O2. The molecule has 0 bridgehead atoms. The number of hydrogen-bond acceptors (Lipinski definition) is 6. The number of fused-ring (bicyclic) bond motifs is 1. The standard InChI is InChI=1S/C35H36N4O2/c1-40-31-24-29-30(25-32(31)41-2)36-33(19-18-26-12-6-3-7-13-26)37-35(29)39-22-20-38(21-23-39)34(27-14-8-4-9-15-27)28-16-10-5-11-17-28/h3-17,24-25,34H,18-23H2,1-2H3. The van der Waals surface area contributed by atoms with Crippen molar-refractivity contribution in [2.45, 2.75) is 18.9 Å². The molecule has 0 radical (unpaired) electrons. The fourth-order valence-corrected chi connectivity index (χ4v) is 5.82. The number of nitrogens with zero attached hydrogens (tertiary/aromatic N) is 4. The van der Waals surface area contributed by atoms with Gasteiger partial charge in [0, 0.05) is 44.1 Å². The molecule has 2 heterocycles. The summed E-state index contributed by atoms with van der Waals surface area (Å²) in [5.74, 6) is 3.18. The predicted octanol–water partition coefficient (Wildman–Crippen LogP) is 6.34. The third-order valence-corrected chi connectivity index (χ3v) is 7.92. The van der Waals surface area contributed by atoms with Gasteiger partial charge in [0.1, 0.15) is 11.6 Å². The Bertz CT molecular complexity index is 1530. The average molecular weight is 545 g/mol. The Hall–Kier alpha value is -4.42. The summed E-state index contributed by atoms with van der Waals surface area (Å²) in [6.07, 6.45) is 1.66. The summed E-state index contributed by atoms with van der Waals surface area (Å²) < 4.78 is 11.3. The van der Waals surface area contributed by atoms with Gasteiger partial charge in [-0.1, -0.05) is 91.0 Å². The van der Waals surface area contributed by atoms with Crippen LogP contribution in [0, 0.1) is 0 Å². The lowest BCUT2D eigenvalue weighted by Crippen LogP contribution is -2.48. The Morgan fingerprint density at radius 3 is 1.80 bits per heavy atom. The van der Waals surface area contributed by atoms with Gasteiger partial charge in [0.2, 0.25) is 0 Å². The highest BCUT2D eigenvalue weighted by Crippen LogP contribution is 2.36. The third-order valence-electron chi connectivity index (χ3n) is 7.92. The molecule has 1 saturated heterocycles. The van der Waals surface area contributed by atoms with Gasteiger partial charge in [-0.05, 0) is 29.2 Å². The predicted molar refractivity (Wildman–Crippen MR) is 165 cm³/mol. The molecule has 0 spiro atoms. The molecule has 41 heavy (non-hydrogen) atoms. The Labute approximate surface area is 242 Å². The van der Waals surface area contributed by atoms with Crippen LogP contribution in [0.5, 0.6) is 11.5 Å². The Kier molecular flexibility index (Phi) is 8.10. The molecule has 6 rings (SSSR count). The van der Waals surface area contributed by atoms with Gasteiger partial charge in [0.05, 0.1) is 25.8 Å². The molecule has 208 valence electrons. The van der Waals surface area contributed by atoms with E-state index in [1.165, 1.54) is 16.7 Å². The molecule has 0 aliphatic carbocycles. The largest absolute Gasteiger partial charge is 0.493 e. The van der Waals surface area contributed by atoms with Crippen LogP contribution in [0.25, 0.3) is 10.9 Å². The molecule has 0 atom stereocenters. The molecule has 5 aromatic rings. The molecule has 1 aliphatic heterocycles. The molecule has 6 heteroatoms. The number of benzene rings is 4. The molecule has 1 fully saturated rings. The van der Waals surface area contributed by atoms with Crippen LogP contribution in [0.1, 0.15) is 28.6 Å². The van der Waals surface area contributed by atoms with Gasteiger partial charge in [-0.25, -0.2) is 9.97 Å². The first-order chi connectivity index (χ1) is 20.2. The van der Waals surface area contributed by atoms with Crippen LogP contribution in [-0.2, 0) is 12.8 Å². The molecule has 4 aromatic carbocycles. The van der Waals surface area contributed by atoms with Gasteiger partial charge in [-0.3, -0.25) is 4.90 Å². The van der Waals surface area contributed by atoms with Crippen molar-refractivity contribution in [1.29, 1.82) is 0 Å². The van der Waals surface area contributed by atoms with E-state index in [0.717, 1.165) is 61.6 Å². The van der Waals surface area contributed by atoms with Gasteiger partial charge >= 0.3 is 0 Å². The SMILES string of the molecule is COc1cc2nc(CCc3ccccc3)nc(N3CCN(C(c4ccccc4)c4ccccc4)CC3)c2cc1OC. The lowest BCUT2D eigenvalue weighted by atomic mass is 9.96. The summed E-state index contributed by atoms with van der Waals surface area (Å²) in [6.45, 7) is 3.59. The van der Waals surface area contributed by atoms with Crippen molar-refractivity contribution in [3.05, 3.63) is 126 Å².